The van der Waals surface area contributed by atoms with E-state index in [4.69, 9.17) is 5.11 Å². The average molecular weight is 324 g/mol. The Bertz CT molecular complexity index is 958. The van der Waals surface area contributed by atoms with Crippen molar-refractivity contribution in [2.24, 2.45) is 7.05 Å². The van der Waals surface area contributed by atoms with Crippen LogP contribution in [0.15, 0.2) is 53.6 Å². The summed E-state index contributed by atoms with van der Waals surface area (Å²) in [4.78, 5) is 27.7. The van der Waals surface area contributed by atoms with Gasteiger partial charge in [-0.1, -0.05) is 18.2 Å². The van der Waals surface area contributed by atoms with E-state index in [1.54, 1.807) is 16.4 Å². The van der Waals surface area contributed by atoms with Crippen LogP contribution in [0.5, 0.6) is 0 Å². The Kier molecular flexibility index (Phi) is 3.91. The molecule has 24 heavy (non-hydrogen) atoms. The summed E-state index contributed by atoms with van der Waals surface area (Å²) in [7, 11) is 1.79. The highest BCUT2D eigenvalue weighted by Crippen LogP contribution is 2.19. The van der Waals surface area contributed by atoms with E-state index >= 15 is 0 Å². The Morgan fingerprint density at radius 2 is 1.92 bits per heavy atom. The predicted octanol–water partition coefficient (Wildman–Crippen LogP) is 2.32. The summed E-state index contributed by atoms with van der Waals surface area (Å²) in [6, 6.07) is 10.7. The number of benzene rings is 1. The number of aromatic nitrogens is 3. The summed E-state index contributed by atoms with van der Waals surface area (Å²) >= 11 is 0. The summed E-state index contributed by atoms with van der Waals surface area (Å²) in [5, 5.41) is 12.0. The largest absolute Gasteiger partial charge is 0.478 e. The van der Waals surface area contributed by atoms with Crippen LogP contribution < -0.4 is 10.9 Å². The number of carboxylic acids is 1. The second kappa shape index (κ2) is 6.04. The number of hydrogen-bond acceptors (Lipinski definition) is 4. The molecule has 0 atom stereocenters. The summed E-state index contributed by atoms with van der Waals surface area (Å²) in [5.74, 6) is -1.07. The highest BCUT2D eigenvalue weighted by Gasteiger charge is 2.16. The maximum Gasteiger partial charge on any atom is 0.337 e. The van der Waals surface area contributed by atoms with Gasteiger partial charge in [-0.15, -0.1) is 0 Å². The van der Waals surface area contributed by atoms with Crippen LogP contribution >= 0.6 is 0 Å². The van der Waals surface area contributed by atoms with Crippen LogP contribution in [0.1, 0.15) is 16.1 Å². The lowest BCUT2D eigenvalue weighted by Gasteiger charge is -2.07. The minimum absolute atomic E-state index is 0.0527. The highest BCUT2D eigenvalue weighted by atomic mass is 16.4. The van der Waals surface area contributed by atoms with Crippen LogP contribution in [0.25, 0.3) is 5.69 Å². The van der Waals surface area contributed by atoms with E-state index in [0.717, 1.165) is 11.4 Å². The Morgan fingerprint density at radius 3 is 2.58 bits per heavy atom. The molecule has 0 bridgehead atoms. The first-order valence-corrected chi connectivity index (χ1v) is 7.28. The summed E-state index contributed by atoms with van der Waals surface area (Å²) in [6.07, 6.45) is 2.73. The maximum atomic E-state index is 12.8. The van der Waals surface area contributed by atoms with E-state index in [0.29, 0.717) is 11.4 Å². The second-order valence-corrected chi connectivity index (χ2v) is 5.33. The molecule has 2 heterocycles. The zero-order valence-corrected chi connectivity index (χ0v) is 13.2. The van der Waals surface area contributed by atoms with Crippen molar-refractivity contribution in [3.63, 3.8) is 0 Å². The third-order valence-corrected chi connectivity index (χ3v) is 3.81. The molecule has 0 aliphatic rings. The molecule has 0 aliphatic heterocycles. The van der Waals surface area contributed by atoms with Crippen molar-refractivity contribution in [1.29, 1.82) is 0 Å². The highest BCUT2D eigenvalue weighted by molar-refractivity contribution is 5.88. The molecule has 0 radical (unpaired) electrons. The normalized spacial score (nSPS) is 10.6. The molecule has 0 amide bonds. The standard InChI is InChI=1S/C17H16N4O3/c1-11-15(19-13-8-12(17(23)24)9-18-10-13)16(22)21(20(11)2)14-6-4-3-5-7-14/h3-10,19H,1-2H3,(H,23,24). The molecular formula is C17H16N4O3. The van der Waals surface area contributed by atoms with Crippen LogP contribution in [0.2, 0.25) is 0 Å². The lowest BCUT2D eigenvalue weighted by atomic mass is 10.2. The van der Waals surface area contributed by atoms with E-state index < -0.39 is 5.97 Å². The van der Waals surface area contributed by atoms with E-state index in [2.05, 4.69) is 10.3 Å². The SMILES string of the molecule is Cc1c(Nc2cncc(C(=O)O)c2)c(=O)n(-c2ccccc2)n1C. The molecule has 0 fully saturated rings. The number of hydrogen-bond donors (Lipinski definition) is 2. The average Bonchev–Trinajstić information content (AvgIpc) is 2.79. The molecule has 122 valence electrons. The fourth-order valence-electron chi connectivity index (χ4n) is 2.48. The van der Waals surface area contributed by atoms with Gasteiger partial charge in [0.05, 0.1) is 28.8 Å². The van der Waals surface area contributed by atoms with Crippen molar-refractivity contribution < 1.29 is 9.90 Å². The zero-order valence-electron chi connectivity index (χ0n) is 13.2. The molecule has 0 saturated carbocycles. The minimum atomic E-state index is -1.07. The number of pyridine rings is 1. The van der Waals surface area contributed by atoms with E-state index in [1.807, 2.05) is 37.3 Å². The van der Waals surface area contributed by atoms with Crippen LogP contribution in [0.4, 0.5) is 11.4 Å². The van der Waals surface area contributed by atoms with Gasteiger partial charge in [0.25, 0.3) is 5.56 Å². The van der Waals surface area contributed by atoms with Gasteiger partial charge in [-0.3, -0.25) is 14.5 Å². The number of anilines is 2. The van der Waals surface area contributed by atoms with E-state index in [1.165, 1.54) is 18.5 Å². The van der Waals surface area contributed by atoms with Crippen LogP contribution in [0, 0.1) is 6.92 Å². The Morgan fingerprint density at radius 1 is 1.21 bits per heavy atom. The third-order valence-electron chi connectivity index (χ3n) is 3.81. The van der Waals surface area contributed by atoms with Crippen molar-refractivity contribution in [3.05, 3.63) is 70.4 Å². The Labute approximate surface area is 137 Å². The van der Waals surface area contributed by atoms with Gasteiger partial charge in [-0.05, 0) is 25.1 Å². The molecule has 3 rings (SSSR count). The maximum absolute atomic E-state index is 12.8. The topological polar surface area (TPSA) is 89.2 Å². The van der Waals surface area contributed by atoms with Gasteiger partial charge in [-0.25, -0.2) is 9.48 Å². The predicted molar refractivity (Wildman–Crippen MR) is 90.2 cm³/mol. The van der Waals surface area contributed by atoms with Crippen molar-refractivity contribution in [3.8, 4) is 5.69 Å². The number of nitrogens with one attached hydrogen (secondary N) is 1. The molecule has 2 aromatic heterocycles. The van der Waals surface area contributed by atoms with Gasteiger partial charge in [0, 0.05) is 13.2 Å². The van der Waals surface area contributed by atoms with Gasteiger partial charge in [0.15, 0.2) is 0 Å². The molecule has 7 heteroatoms. The van der Waals surface area contributed by atoms with Crippen molar-refractivity contribution in [1.82, 2.24) is 14.3 Å². The molecule has 2 N–H and O–H groups in total. The molecule has 7 nitrogen and oxygen atoms in total. The third kappa shape index (κ3) is 2.67. The number of aromatic carboxylic acids is 1. The van der Waals surface area contributed by atoms with E-state index in [-0.39, 0.29) is 11.1 Å². The molecule has 0 spiro atoms. The number of rotatable bonds is 4. The fraction of sp³-hybridized carbons (Fsp3) is 0.118. The van der Waals surface area contributed by atoms with Crippen molar-refractivity contribution in [2.75, 3.05) is 5.32 Å². The smallest absolute Gasteiger partial charge is 0.337 e. The van der Waals surface area contributed by atoms with Gasteiger partial charge in [-0.2, -0.15) is 0 Å². The number of carboxylic acid groups (broad SMARTS) is 1. The summed E-state index contributed by atoms with van der Waals surface area (Å²) < 4.78 is 3.29. The molecule has 1 aromatic carbocycles. The lowest BCUT2D eigenvalue weighted by molar-refractivity contribution is 0.0696. The Balaban J connectivity index is 2.06. The zero-order chi connectivity index (χ0) is 17.3. The first kappa shape index (κ1) is 15.5. The molecule has 3 aromatic rings. The van der Waals surface area contributed by atoms with E-state index in [9.17, 15) is 9.59 Å². The molecular weight excluding hydrogens is 308 g/mol. The van der Waals surface area contributed by atoms with Crippen molar-refractivity contribution in [2.45, 2.75) is 6.92 Å². The van der Waals surface area contributed by atoms with Crippen LogP contribution in [-0.2, 0) is 7.05 Å². The van der Waals surface area contributed by atoms with Gasteiger partial charge >= 0.3 is 5.97 Å². The Hall–Kier alpha value is -3.35. The quantitative estimate of drug-likeness (QED) is 0.769. The van der Waals surface area contributed by atoms with Gasteiger partial charge in [0.1, 0.15) is 5.69 Å². The van der Waals surface area contributed by atoms with Crippen molar-refractivity contribution >= 4 is 17.3 Å². The number of nitrogens with zero attached hydrogens (tertiary/aromatic N) is 3. The molecule has 0 unspecified atom stereocenters. The monoisotopic (exact) mass is 324 g/mol. The van der Waals surface area contributed by atoms with Crippen LogP contribution in [0.3, 0.4) is 0 Å². The summed E-state index contributed by atoms with van der Waals surface area (Å²) in [6.45, 7) is 1.82. The molecule has 0 aliphatic carbocycles. The fourth-order valence-corrected chi connectivity index (χ4v) is 2.48. The second-order valence-electron chi connectivity index (χ2n) is 5.33. The van der Waals surface area contributed by atoms with Crippen LogP contribution in [-0.4, -0.2) is 25.4 Å². The molecule has 0 saturated heterocycles. The lowest BCUT2D eigenvalue weighted by Crippen LogP contribution is -2.20. The van der Waals surface area contributed by atoms with Gasteiger partial charge < -0.3 is 10.4 Å². The minimum Gasteiger partial charge on any atom is -0.478 e. The summed E-state index contributed by atoms with van der Waals surface area (Å²) in [5.41, 5.74) is 2.13. The first-order chi connectivity index (χ1) is 11.5. The van der Waals surface area contributed by atoms with Gasteiger partial charge in [0.2, 0.25) is 0 Å². The number of carbonyl (C=O) groups is 1. The number of para-hydroxylation sites is 1. The first-order valence-electron chi connectivity index (χ1n) is 7.28.